The number of rotatable bonds is 5. The first-order valence-electron chi connectivity index (χ1n) is 9.85. The summed E-state index contributed by atoms with van der Waals surface area (Å²) in [5, 5.41) is 10.4. The molecular formula is C23H23BrN4O2. The Morgan fingerprint density at radius 3 is 2.50 bits per heavy atom. The monoisotopic (exact) mass is 466 g/mol. The minimum absolute atomic E-state index is 0.0137. The molecule has 1 aliphatic rings. The minimum atomic E-state index is -0.257. The molecule has 7 heteroatoms. The van der Waals surface area contributed by atoms with Gasteiger partial charge in [0.15, 0.2) is 0 Å². The fourth-order valence-electron chi connectivity index (χ4n) is 3.60. The molecular weight excluding hydrogens is 444 g/mol. The molecule has 1 aromatic heterocycles. The van der Waals surface area contributed by atoms with Crippen molar-refractivity contribution in [3.63, 3.8) is 0 Å². The topological polar surface area (TPSA) is 76.0 Å². The number of hydrogen-bond acceptors (Lipinski definition) is 3. The summed E-state index contributed by atoms with van der Waals surface area (Å²) in [6, 6.07) is 14.9. The number of aromatic nitrogens is 2. The van der Waals surface area contributed by atoms with E-state index in [1.54, 1.807) is 36.0 Å². The number of hydrogen-bond donors (Lipinski definition) is 2. The first kappa shape index (κ1) is 20.3. The van der Waals surface area contributed by atoms with Crippen LogP contribution in [0.25, 0.3) is 11.1 Å². The second kappa shape index (κ2) is 8.07. The van der Waals surface area contributed by atoms with Crippen LogP contribution in [-0.4, -0.2) is 21.6 Å². The third kappa shape index (κ3) is 4.16. The van der Waals surface area contributed by atoms with Gasteiger partial charge in [-0.2, -0.15) is 5.10 Å². The van der Waals surface area contributed by atoms with Crippen molar-refractivity contribution in [1.82, 2.24) is 9.78 Å². The Morgan fingerprint density at radius 2 is 1.83 bits per heavy atom. The molecule has 0 radical (unpaired) electrons. The summed E-state index contributed by atoms with van der Waals surface area (Å²) >= 11 is 3.45. The van der Waals surface area contributed by atoms with E-state index in [-0.39, 0.29) is 17.7 Å². The smallest absolute Gasteiger partial charge is 0.256 e. The Bertz CT molecular complexity index is 1120. The van der Waals surface area contributed by atoms with Gasteiger partial charge in [0, 0.05) is 34.3 Å². The van der Waals surface area contributed by atoms with Crippen LogP contribution >= 0.6 is 15.9 Å². The predicted octanol–water partition coefficient (Wildman–Crippen LogP) is 5.00. The number of aryl methyl sites for hydroxylation is 2. The molecule has 2 N–H and O–H groups in total. The number of nitrogens with zero attached hydrogens (tertiary/aromatic N) is 2. The summed E-state index contributed by atoms with van der Waals surface area (Å²) in [5.74, 6) is 0.892. The zero-order valence-corrected chi connectivity index (χ0v) is 18.7. The van der Waals surface area contributed by atoms with Crippen LogP contribution < -0.4 is 10.6 Å². The first-order valence-corrected chi connectivity index (χ1v) is 10.6. The van der Waals surface area contributed by atoms with Crippen molar-refractivity contribution in [2.24, 2.45) is 18.9 Å². The minimum Gasteiger partial charge on any atom is -0.326 e. The highest BCUT2D eigenvalue weighted by molar-refractivity contribution is 9.10. The number of amides is 2. The molecule has 2 unspecified atom stereocenters. The van der Waals surface area contributed by atoms with Crippen molar-refractivity contribution in [3.8, 4) is 11.1 Å². The average molecular weight is 467 g/mol. The summed E-state index contributed by atoms with van der Waals surface area (Å²) in [4.78, 5) is 25.2. The van der Waals surface area contributed by atoms with Crippen LogP contribution in [0.2, 0.25) is 0 Å². The molecule has 1 fully saturated rings. The van der Waals surface area contributed by atoms with E-state index < -0.39 is 0 Å². The summed E-state index contributed by atoms with van der Waals surface area (Å²) in [7, 11) is 1.80. The summed E-state index contributed by atoms with van der Waals surface area (Å²) in [5.41, 5.74) is 3.78. The van der Waals surface area contributed by atoms with E-state index in [4.69, 9.17) is 0 Å². The molecule has 2 aromatic carbocycles. The molecule has 0 bridgehead atoms. The zero-order valence-electron chi connectivity index (χ0n) is 17.1. The molecule has 1 saturated carbocycles. The van der Waals surface area contributed by atoms with Gasteiger partial charge in [-0.05, 0) is 55.2 Å². The van der Waals surface area contributed by atoms with Crippen LogP contribution in [0.5, 0.6) is 0 Å². The van der Waals surface area contributed by atoms with E-state index in [9.17, 15) is 9.59 Å². The molecule has 4 rings (SSSR count). The van der Waals surface area contributed by atoms with Gasteiger partial charge in [-0.25, -0.2) is 0 Å². The van der Waals surface area contributed by atoms with E-state index in [0.29, 0.717) is 23.0 Å². The molecule has 0 spiro atoms. The second-order valence-electron chi connectivity index (χ2n) is 7.78. The number of nitrogens with one attached hydrogen (secondary N) is 2. The second-order valence-corrected chi connectivity index (χ2v) is 8.70. The van der Waals surface area contributed by atoms with E-state index >= 15 is 0 Å². The van der Waals surface area contributed by atoms with Crippen LogP contribution in [0.4, 0.5) is 11.5 Å². The quantitative estimate of drug-likeness (QED) is 0.554. The van der Waals surface area contributed by atoms with Crippen LogP contribution in [0.1, 0.15) is 29.4 Å². The zero-order chi connectivity index (χ0) is 21.4. The Morgan fingerprint density at radius 1 is 1.13 bits per heavy atom. The molecule has 0 saturated heterocycles. The predicted molar refractivity (Wildman–Crippen MR) is 121 cm³/mol. The molecule has 6 nitrogen and oxygen atoms in total. The fourth-order valence-corrected chi connectivity index (χ4v) is 3.87. The van der Waals surface area contributed by atoms with Crippen LogP contribution in [0, 0.1) is 18.8 Å². The highest BCUT2D eigenvalue weighted by atomic mass is 79.9. The van der Waals surface area contributed by atoms with Gasteiger partial charge < -0.3 is 10.6 Å². The lowest BCUT2D eigenvalue weighted by molar-refractivity contribution is -0.117. The van der Waals surface area contributed by atoms with Crippen LogP contribution in [0.3, 0.4) is 0 Å². The van der Waals surface area contributed by atoms with Crippen LogP contribution in [0.15, 0.2) is 53.0 Å². The van der Waals surface area contributed by atoms with Gasteiger partial charge in [-0.3, -0.25) is 14.3 Å². The summed E-state index contributed by atoms with van der Waals surface area (Å²) in [6.45, 7) is 3.98. The van der Waals surface area contributed by atoms with Gasteiger partial charge in [0.2, 0.25) is 5.91 Å². The molecule has 0 aliphatic heterocycles. The maximum Gasteiger partial charge on any atom is 0.256 e. The molecule has 1 aliphatic carbocycles. The maximum atomic E-state index is 13.0. The lowest BCUT2D eigenvalue weighted by atomic mass is 10.1. The average Bonchev–Trinajstić information content (AvgIpc) is 3.38. The third-order valence-electron chi connectivity index (χ3n) is 5.43. The van der Waals surface area contributed by atoms with Crippen molar-refractivity contribution >= 4 is 39.2 Å². The first-order chi connectivity index (χ1) is 14.3. The van der Waals surface area contributed by atoms with Gasteiger partial charge in [0.25, 0.3) is 5.91 Å². The maximum absolute atomic E-state index is 13.0. The molecule has 2 amide bonds. The van der Waals surface area contributed by atoms with Crippen molar-refractivity contribution in [3.05, 3.63) is 64.3 Å². The van der Waals surface area contributed by atoms with Crippen molar-refractivity contribution in [2.45, 2.75) is 20.3 Å². The number of carbonyl (C=O) groups excluding carboxylic acids is 2. The highest BCUT2D eigenvalue weighted by Gasteiger charge is 2.39. The molecule has 3 aromatic rings. The normalized spacial score (nSPS) is 17.5. The summed E-state index contributed by atoms with van der Waals surface area (Å²) < 4.78 is 2.66. The SMILES string of the molecule is Cc1nn(C)c(NC(=O)c2cccc(NC(=O)C3CC3C)c2)c1-c1ccc(Br)cc1. The van der Waals surface area contributed by atoms with E-state index in [2.05, 4.69) is 38.6 Å². The Balaban J connectivity index is 1.57. The van der Waals surface area contributed by atoms with Gasteiger partial charge in [0.05, 0.1) is 5.69 Å². The third-order valence-corrected chi connectivity index (χ3v) is 5.95. The molecule has 2 atom stereocenters. The van der Waals surface area contributed by atoms with Crippen molar-refractivity contribution in [2.75, 3.05) is 10.6 Å². The van der Waals surface area contributed by atoms with Gasteiger partial charge >= 0.3 is 0 Å². The summed E-state index contributed by atoms with van der Waals surface area (Å²) in [6.07, 6.45) is 0.921. The van der Waals surface area contributed by atoms with E-state index in [1.165, 1.54) is 0 Å². The largest absolute Gasteiger partial charge is 0.326 e. The Labute approximate surface area is 183 Å². The van der Waals surface area contributed by atoms with Gasteiger partial charge in [-0.15, -0.1) is 0 Å². The molecule has 30 heavy (non-hydrogen) atoms. The fraction of sp³-hybridized carbons (Fsp3) is 0.261. The van der Waals surface area contributed by atoms with Crippen molar-refractivity contribution < 1.29 is 9.59 Å². The lowest BCUT2D eigenvalue weighted by Crippen LogP contribution is -2.17. The van der Waals surface area contributed by atoms with Crippen LogP contribution in [-0.2, 0) is 11.8 Å². The van der Waals surface area contributed by atoms with Crippen molar-refractivity contribution in [1.29, 1.82) is 0 Å². The lowest BCUT2D eigenvalue weighted by Gasteiger charge is -2.11. The number of carbonyl (C=O) groups is 2. The van der Waals surface area contributed by atoms with E-state index in [0.717, 1.165) is 27.7 Å². The highest BCUT2D eigenvalue weighted by Crippen LogP contribution is 2.38. The molecule has 1 heterocycles. The number of anilines is 2. The van der Waals surface area contributed by atoms with E-state index in [1.807, 2.05) is 31.2 Å². The molecule has 154 valence electrons. The Kier molecular flexibility index (Phi) is 5.47. The van der Waals surface area contributed by atoms with Gasteiger partial charge in [-0.1, -0.05) is 41.1 Å². The standard InChI is InChI=1S/C23H23BrN4O2/c1-13-11-19(13)23(30)25-18-6-4-5-16(12-18)22(29)26-21-20(14(2)27-28(21)3)15-7-9-17(24)10-8-15/h4-10,12-13,19H,11H2,1-3H3,(H,25,30)(H,26,29). The number of halogens is 1. The van der Waals surface area contributed by atoms with Gasteiger partial charge in [0.1, 0.15) is 5.82 Å². The number of benzene rings is 2. The Hall–Kier alpha value is -2.93.